The molecule has 0 saturated carbocycles. The van der Waals surface area contributed by atoms with Crippen LogP contribution in [0.2, 0.25) is 0 Å². The molecule has 2 aromatic carbocycles. The summed E-state index contributed by atoms with van der Waals surface area (Å²) in [4.78, 5) is 26.3. The molecule has 2 aromatic rings. The normalized spacial score (nSPS) is 18.1. The summed E-state index contributed by atoms with van der Waals surface area (Å²) < 4.78 is 0. The van der Waals surface area contributed by atoms with Gasteiger partial charge in [-0.05, 0) is 17.7 Å². The first-order valence-electron chi connectivity index (χ1n) is 8.47. The first-order valence-corrected chi connectivity index (χ1v) is 9.35. The largest absolute Gasteiger partial charge is 0.378 e. The first kappa shape index (κ1) is 18.8. The highest BCUT2D eigenvalue weighted by Crippen LogP contribution is 2.24. The van der Waals surface area contributed by atoms with Gasteiger partial charge in [0, 0.05) is 31.8 Å². The summed E-state index contributed by atoms with van der Waals surface area (Å²) in [6, 6.07) is 16.8. The fraction of sp³-hybridized carbons (Fsp3) is 0.200. The molecule has 3 rings (SSSR count). The van der Waals surface area contributed by atoms with Gasteiger partial charge in [-0.1, -0.05) is 54.2 Å². The number of nitrogens with zero attached hydrogens (tertiary/aromatic N) is 3. The van der Waals surface area contributed by atoms with E-state index in [0.29, 0.717) is 10.7 Å². The van der Waals surface area contributed by atoms with E-state index >= 15 is 0 Å². The van der Waals surface area contributed by atoms with E-state index in [1.54, 1.807) is 18.3 Å². The SMILES string of the molecule is CN(C)c1ccc(/C=N/N=C2/NC(=O)[C@H](CC(=O)c3ccccc3)S2)cc1. The number of ketones is 1. The van der Waals surface area contributed by atoms with Crippen LogP contribution < -0.4 is 10.2 Å². The number of benzene rings is 2. The Kier molecular flexibility index (Phi) is 6.03. The van der Waals surface area contributed by atoms with Crippen LogP contribution in [0.1, 0.15) is 22.3 Å². The van der Waals surface area contributed by atoms with Gasteiger partial charge in [-0.15, -0.1) is 5.10 Å². The Bertz CT molecular complexity index is 877. The zero-order chi connectivity index (χ0) is 19.2. The van der Waals surface area contributed by atoms with Gasteiger partial charge in [0.05, 0.1) is 11.5 Å². The standard InChI is InChI=1S/C20H20N4O2S/c1-24(2)16-10-8-14(9-11-16)13-21-23-20-22-19(26)18(27-20)12-17(25)15-6-4-3-5-7-15/h3-11,13,18H,12H2,1-2H3,(H,22,23,26)/b21-13+/t18-/m0/s1. The van der Waals surface area contributed by atoms with Crippen LogP contribution in [-0.2, 0) is 4.79 Å². The second kappa shape index (κ2) is 8.64. The third-order valence-electron chi connectivity index (χ3n) is 4.01. The second-order valence-corrected chi connectivity index (χ2v) is 7.42. The highest BCUT2D eigenvalue weighted by molar-refractivity contribution is 8.15. The molecule has 138 valence electrons. The number of nitrogens with one attached hydrogen (secondary N) is 1. The van der Waals surface area contributed by atoms with Gasteiger partial charge in [-0.25, -0.2) is 0 Å². The molecule has 0 unspecified atom stereocenters. The predicted molar refractivity (Wildman–Crippen MR) is 111 cm³/mol. The van der Waals surface area contributed by atoms with Gasteiger partial charge in [0.2, 0.25) is 5.91 Å². The van der Waals surface area contributed by atoms with Crippen LogP contribution in [-0.4, -0.2) is 42.4 Å². The lowest BCUT2D eigenvalue weighted by atomic mass is 10.1. The van der Waals surface area contributed by atoms with E-state index in [1.807, 2.05) is 61.5 Å². The lowest BCUT2D eigenvalue weighted by Gasteiger charge is -2.11. The average Bonchev–Trinajstić information content (AvgIpc) is 3.02. The molecule has 0 bridgehead atoms. The minimum Gasteiger partial charge on any atom is -0.378 e. The van der Waals surface area contributed by atoms with Crippen LogP contribution >= 0.6 is 11.8 Å². The Morgan fingerprint density at radius 3 is 2.52 bits per heavy atom. The molecule has 7 heteroatoms. The number of amidine groups is 1. The molecule has 27 heavy (non-hydrogen) atoms. The minimum atomic E-state index is -0.481. The smallest absolute Gasteiger partial charge is 0.240 e. The third kappa shape index (κ3) is 5.04. The van der Waals surface area contributed by atoms with Gasteiger partial charge in [0.1, 0.15) is 0 Å². The average molecular weight is 380 g/mol. The van der Waals surface area contributed by atoms with Gasteiger partial charge in [-0.3, -0.25) is 9.59 Å². The minimum absolute atomic E-state index is 0.0611. The number of thioether (sulfide) groups is 1. The number of hydrogen-bond donors (Lipinski definition) is 1. The molecule has 0 aliphatic carbocycles. The summed E-state index contributed by atoms with van der Waals surface area (Å²) in [5.41, 5.74) is 2.62. The number of hydrogen-bond acceptors (Lipinski definition) is 6. The molecule has 6 nitrogen and oxygen atoms in total. The molecular weight excluding hydrogens is 360 g/mol. The van der Waals surface area contributed by atoms with Crippen molar-refractivity contribution in [1.82, 2.24) is 5.32 Å². The van der Waals surface area contributed by atoms with Crippen molar-refractivity contribution in [3.63, 3.8) is 0 Å². The fourth-order valence-electron chi connectivity index (χ4n) is 2.50. The zero-order valence-corrected chi connectivity index (χ0v) is 15.9. The van der Waals surface area contributed by atoms with E-state index < -0.39 is 5.25 Å². The van der Waals surface area contributed by atoms with Gasteiger partial charge in [0.25, 0.3) is 0 Å². The van der Waals surface area contributed by atoms with Crippen LogP contribution in [0, 0.1) is 0 Å². The van der Waals surface area contributed by atoms with E-state index in [0.717, 1.165) is 11.3 Å². The molecule has 1 fully saturated rings. The van der Waals surface area contributed by atoms with Gasteiger partial charge in [0.15, 0.2) is 11.0 Å². The molecule has 1 heterocycles. The Labute approximate surface area is 162 Å². The summed E-state index contributed by atoms with van der Waals surface area (Å²) in [5.74, 6) is -0.275. The van der Waals surface area contributed by atoms with Crippen molar-refractivity contribution in [2.24, 2.45) is 10.2 Å². The van der Waals surface area contributed by atoms with E-state index in [4.69, 9.17) is 0 Å². The monoisotopic (exact) mass is 380 g/mol. The molecule has 1 N–H and O–H groups in total. The molecule has 1 atom stereocenters. The number of anilines is 1. The number of carbonyl (C=O) groups is 2. The maximum Gasteiger partial charge on any atom is 0.240 e. The van der Waals surface area contributed by atoms with Crippen LogP contribution in [0.5, 0.6) is 0 Å². The van der Waals surface area contributed by atoms with Crippen LogP contribution in [0.3, 0.4) is 0 Å². The number of carbonyl (C=O) groups excluding carboxylic acids is 2. The van der Waals surface area contributed by atoms with E-state index in [2.05, 4.69) is 15.5 Å². The zero-order valence-electron chi connectivity index (χ0n) is 15.1. The van der Waals surface area contributed by atoms with E-state index in [-0.39, 0.29) is 18.1 Å². The summed E-state index contributed by atoms with van der Waals surface area (Å²) >= 11 is 1.23. The van der Waals surface area contributed by atoms with Gasteiger partial charge < -0.3 is 10.2 Å². The second-order valence-electron chi connectivity index (χ2n) is 6.22. The molecule has 0 spiro atoms. The lowest BCUT2D eigenvalue weighted by molar-refractivity contribution is -0.118. The Morgan fingerprint density at radius 2 is 1.85 bits per heavy atom. The topological polar surface area (TPSA) is 74.1 Å². The number of amides is 1. The van der Waals surface area contributed by atoms with Crippen molar-refractivity contribution in [2.45, 2.75) is 11.7 Å². The summed E-state index contributed by atoms with van der Waals surface area (Å²) in [6.45, 7) is 0. The van der Waals surface area contributed by atoms with Crippen molar-refractivity contribution in [1.29, 1.82) is 0 Å². The first-order chi connectivity index (χ1) is 13.0. The van der Waals surface area contributed by atoms with Crippen molar-refractivity contribution in [2.75, 3.05) is 19.0 Å². The Balaban J connectivity index is 1.58. The number of rotatable bonds is 6. The van der Waals surface area contributed by atoms with Crippen molar-refractivity contribution in [3.05, 3.63) is 65.7 Å². The quantitative estimate of drug-likeness (QED) is 0.475. The Morgan fingerprint density at radius 1 is 1.15 bits per heavy atom. The molecule has 1 saturated heterocycles. The van der Waals surface area contributed by atoms with Gasteiger partial charge in [-0.2, -0.15) is 5.10 Å². The van der Waals surface area contributed by atoms with Crippen molar-refractivity contribution < 1.29 is 9.59 Å². The highest BCUT2D eigenvalue weighted by Gasteiger charge is 2.32. The predicted octanol–water partition coefficient (Wildman–Crippen LogP) is 2.95. The van der Waals surface area contributed by atoms with Crippen molar-refractivity contribution in [3.8, 4) is 0 Å². The van der Waals surface area contributed by atoms with Gasteiger partial charge >= 0.3 is 0 Å². The molecular formula is C20H20N4O2S. The Hall–Kier alpha value is -2.93. The lowest BCUT2D eigenvalue weighted by Crippen LogP contribution is -2.26. The molecule has 1 amide bonds. The molecule has 0 radical (unpaired) electrons. The van der Waals surface area contributed by atoms with E-state index in [9.17, 15) is 9.59 Å². The molecule has 1 aliphatic heterocycles. The highest BCUT2D eigenvalue weighted by atomic mass is 32.2. The maximum atomic E-state index is 12.3. The molecule has 0 aromatic heterocycles. The molecule has 1 aliphatic rings. The van der Waals surface area contributed by atoms with Crippen LogP contribution in [0.4, 0.5) is 5.69 Å². The number of Topliss-reactive ketones (excluding diaryl/α,β-unsaturated/α-hetero) is 1. The summed E-state index contributed by atoms with van der Waals surface area (Å²) in [5, 5.41) is 10.7. The third-order valence-corrected chi connectivity index (χ3v) is 5.08. The summed E-state index contributed by atoms with van der Waals surface area (Å²) in [6.07, 6.45) is 1.76. The van der Waals surface area contributed by atoms with Crippen LogP contribution in [0.15, 0.2) is 64.8 Å². The van der Waals surface area contributed by atoms with E-state index in [1.165, 1.54) is 11.8 Å². The fourth-order valence-corrected chi connectivity index (χ4v) is 3.43. The summed E-state index contributed by atoms with van der Waals surface area (Å²) in [7, 11) is 3.96. The van der Waals surface area contributed by atoms with Crippen molar-refractivity contribution >= 4 is 40.5 Å². The van der Waals surface area contributed by atoms with Crippen LogP contribution in [0.25, 0.3) is 0 Å². The maximum absolute atomic E-state index is 12.3.